The maximum absolute atomic E-state index is 11.0. The van der Waals surface area contributed by atoms with Gasteiger partial charge >= 0.3 is 5.97 Å². The maximum atomic E-state index is 11.0. The van der Waals surface area contributed by atoms with E-state index in [-0.39, 0.29) is 5.41 Å². The number of aliphatic hydroxyl groups is 1. The number of aliphatic hydroxyl groups excluding tert-OH is 1. The second-order valence-corrected chi connectivity index (χ2v) is 5.67. The summed E-state index contributed by atoms with van der Waals surface area (Å²) >= 11 is 0. The van der Waals surface area contributed by atoms with Gasteiger partial charge in [0.1, 0.15) is 0 Å². The van der Waals surface area contributed by atoms with Crippen molar-refractivity contribution in [3.05, 3.63) is 35.4 Å². The smallest absolute Gasteiger partial charge is 0.309 e. The summed E-state index contributed by atoms with van der Waals surface area (Å²) < 4.78 is 0. The van der Waals surface area contributed by atoms with Crippen LogP contribution in [0.25, 0.3) is 0 Å². The van der Waals surface area contributed by atoms with Gasteiger partial charge in [0.15, 0.2) is 0 Å². The first-order valence-corrected chi connectivity index (χ1v) is 6.28. The number of carbonyl (C=O) groups is 1. The van der Waals surface area contributed by atoms with E-state index in [4.69, 9.17) is 5.11 Å². The van der Waals surface area contributed by atoms with Crippen LogP contribution in [0.2, 0.25) is 0 Å². The fourth-order valence-corrected chi connectivity index (χ4v) is 1.95. The first-order chi connectivity index (χ1) is 8.27. The third-order valence-electron chi connectivity index (χ3n) is 3.26. The number of rotatable bonds is 4. The highest BCUT2D eigenvalue weighted by Crippen LogP contribution is 2.28. The van der Waals surface area contributed by atoms with Gasteiger partial charge in [-0.2, -0.15) is 0 Å². The van der Waals surface area contributed by atoms with Crippen molar-refractivity contribution in [3.63, 3.8) is 0 Å². The number of carboxylic acid groups (broad SMARTS) is 1. The van der Waals surface area contributed by atoms with Gasteiger partial charge in [0.2, 0.25) is 0 Å². The molecule has 1 aromatic carbocycles. The molecule has 0 spiro atoms. The number of hydrogen-bond acceptors (Lipinski definition) is 2. The molecule has 2 unspecified atom stereocenters. The summed E-state index contributed by atoms with van der Waals surface area (Å²) in [6, 6.07) is 7.54. The Kier molecular flexibility index (Phi) is 4.52. The standard InChI is InChI=1S/C15H22O3/c1-5-12(14(17)18)13(16)10-6-8-11(9-7-10)15(2,3)4/h6-9,12-13,16H,5H2,1-4H3,(H,17,18). The first kappa shape index (κ1) is 14.7. The number of hydrogen-bond donors (Lipinski definition) is 2. The first-order valence-electron chi connectivity index (χ1n) is 6.28. The van der Waals surface area contributed by atoms with Gasteiger partial charge in [0.25, 0.3) is 0 Å². The lowest BCUT2D eigenvalue weighted by Gasteiger charge is -2.21. The zero-order valence-corrected chi connectivity index (χ0v) is 11.5. The summed E-state index contributed by atoms with van der Waals surface area (Å²) in [7, 11) is 0. The van der Waals surface area contributed by atoms with Crippen molar-refractivity contribution >= 4 is 5.97 Å². The molecule has 18 heavy (non-hydrogen) atoms. The molecule has 0 aliphatic heterocycles. The van der Waals surface area contributed by atoms with Crippen LogP contribution in [0.5, 0.6) is 0 Å². The Hall–Kier alpha value is -1.35. The SMILES string of the molecule is CCC(C(=O)O)C(O)c1ccc(C(C)(C)C)cc1. The summed E-state index contributed by atoms with van der Waals surface area (Å²) in [5, 5.41) is 19.1. The minimum Gasteiger partial charge on any atom is -0.481 e. The van der Waals surface area contributed by atoms with Crippen molar-refractivity contribution in [1.82, 2.24) is 0 Å². The minimum atomic E-state index is -0.954. The highest BCUT2D eigenvalue weighted by molar-refractivity contribution is 5.71. The Morgan fingerprint density at radius 1 is 1.22 bits per heavy atom. The Morgan fingerprint density at radius 2 is 1.72 bits per heavy atom. The van der Waals surface area contributed by atoms with Gasteiger partial charge in [0, 0.05) is 0 Å². The van der Waals surface area contributed by atoms with Crippen molar-refractivity contribution in [1.29, 1.82) is 0 Å². The van der Waals surface area contributed by atoms with Gasteiger partial charge < -0.3 is 10.2 Å². The molecule has 0 saturated heterocycles. The van der Waals surface area contributed by atoms with Crippen LogP contribution in [-0.2, 0) is 10.2 Å². The number of aliphatic carboxylic acids is 1. The van der Waals surface area contributed by atoms with Crippen LogP contribution in [0.3, 0.4) is 0 Å². The van der Waals surface area contributed by atoms with Crippen LogP contribution >= 0.6 is 0 Å². The van der Waals surface area contributed by atoms with Crippen LogP contribution in [0.4, 0.5) is 0 Å². The van der Waals surface area contributed by atoms with E-state index in [1.807, 2.05) is 24.3 Å². The lowest BCUT2D eigenvalue weighted by atomic mass is 9.85. The predicted molar refractivity (Wildman–Crippen MR) is 71.5 cm³/mol. The molecule has 0 fully saturated rings. The molecule has 3 heteroatoms. The molecule has 0 aliphatic carbocycles. The fourth-order valence-electron chi connectivity index (χ4n) is 1.95. The lowest BCUT2D eigenvalue weighted by molar-refractivity contribution is -0.146. The zero-order chi connectivity index (χ0) is 13.9. The van der Waals surface area contributed by atoms with Crippen molar-refractivity contribution in [2.45, 2.75) is 45.6 Å². The fraction of sp³-hybridized carbons (Fsp3) is 0.533. The van der Waals surface area contributed by atoms with Crippen LogP contribution in [0.15, 0.2) is 24.3 Å². The molecule has 0 radical (unpaired) electrons. The monoisotopic (exact) mass is 250 g/mol. The van der Waals surface area contributed by atoms with Crippen LogP contribution < -0.4 is 0 Å². The van der Waals surface area contributed by atoms with Gasteiger partial charge in [-0.1, -0.05) is 52.0 Å². The molecular formula is C15H22O3. The topological polar surface area (TPSA) is 57.5 Å². The molecular weight excluding hydrogens is 228 g/mol. The summed E-state index contributed by atoms with van der Waals surface area (Å²) in [4.78, 5) is 11.0. The second kappa shape index (κ2) is 5.53. The van der Waals surface area contributed by atoms with E-state index in [2.05, 4.69) is 20.8 Å². The van der Waals surface area contributed by atoms with E-state index in [0.29, 0.717) is 12.0 Å². The lowest BCUT2D eigenvalue weighted by Crippen LogP contribution is -2.21. The van der Waals surface area contributed by atoms with E-state index < -0.39 is 18.0 Å². The Labute approximate surface area is 108 Å². The van der Waals surface area contributed by atoms with Crippen molar-refractivity contribution in [2.75, 3.05) is 0 Å². The molecule has 0 bridgehead atoms. The van der Waals surface area contributed by atoms with Crippen molar-refractivity contribution in [3.8, 4) is 0 Å². The summed E-state index contributed by atoms with van der Waals surface area (Å²) in [5.41, 5.74) is 1.89. The van der Waals surface area contributed by atoms with E-state index in [1.54, 1.807) is 6.92 Å². The van der Waals surface area contributed by atoms with Gasteiger partial charge in [-0.25, -0.2) is 0 Å². The van der Waals surface area contributed by atoms with Crippen LogP contribution in [0.1, 0.15) is 51.3 Å². The molecule has 3 nitrogen and oxygen atoms in total. The molecule has 0 saturated carbocycles. The third-order valence-corrected chi connectivity index (χ3v) is 3.26. The third kappa shape index (κ3) is 3.33. The maximum Gasteiger partial charge on any atom is 0.309 e. The molecule has 0 heterocycles. The van der Waals surface area contributed by atoms with E-state index >= 15 is 0 Å². The van der Waals surface area contributed by atoms with E-state index in [1.165, 1.54) is 5.56 Å². The summed E-state index contributed by atoms with van der Waals surface area (Å²) in [6.45, 7) is 8.12. The van der Waals surface area contributed by atoms with E-state index in [0.717, 1.165) is 0 Å². The minimum absolute atomic E-state index is 0.0560. The van der Waals surface area contributed by atoms with Gasteiger partial charge in [-0.3, -0.25) is 4.79 Å². The average molecular weight is 250 g/mol. The Morgan fingerprint density at radius 3 is 2.06 bits per heavy atom. The van der Waals surface area contributed by atoms with Gasteiger partial charge in [0.05, 0.1) is 12.0 Å². The Balaban J connectivity index is 2.94. The molecule has 1 rings (SSSR count). The van der Waals surface area contributed by atoms with Gasteiger partial charge in [-0.15, -0.1) is 0 Å². The highest BCUT2D eigenvalue weighted by atomic mass is 16.4. The van der Waals surface area contributed by atoms with Crippen molar-refractivity contribution in [2.24, 2.45) is 5.92 Å². The quantitative estimate of drug-likeness (QED) is 0.863. The zero-order valence-electron chi connectivity index (χ0n) is 11.5. The van der Waals surface area contributed by atoms with Crippen molar-refractivity contribution < 1.29 is 15.0 Å². The molecule has 2 N–H and O–H groups in total. The normalized spacial score (nSPS) is 15.2. The largest absolute Gasteiger partial charge is 0.481 e. The van der Waals surface area contributed by atoms with Gasteiger partial charge in [-0.05, 0) is 23.0 Å². The van der Waals surface area contributed by atoms with E-state index in [9.17, 15) is 9.90 Å². The molecule has 0 aliphatic rings. The molecule has 100 valence electrons. The molecule has 0 amide bonds. The summed E-state index contributed by atoms with van der Waals surface area (Å²) in [5.74, 6) is -1.70. The second-order valence-electron chi connectivity index (χ2n) is 5.67. The highest BCUT2D eigenvalue weighted by Gasteiger charge is 2.26. The predicted octanol–water partition coefficient (Wildman–Crippen LogP) is 3.13. The number of carboxylic acids is 1. The molecule has 1 aromatic rings. The number of benzene rings is 1. The average Bonchev–Trinajstić information content (AvgIpc) is 2.28. The van der Waals surface area contributed by atoms with Crippen LogP contribution in [-0.4, -0.2) is 16.2 Å². The Bertz CT molecular complexity index is 401. The summed E-state index contributed by atoms with van der Waals surface area (Å²) in [6.07, 6.45) is -0.529. The molecule has 0 aromatic heterocycles. The molecule has 2 atom stereocenters. The van der Waals surface area contributed by atoms with Crippen LogP contribution in [0, 0.1) is 5.92 Å².